The molecule has 68 valence electrons. The zero-order chi connectivity index (χ0) is 8.81. The van der Waals surface area contributed by atoms with Crippen LogP contribution < -0.4 is 0 Å². The maximum absolute atomic E-state index is 5.54. The van der Waals surface area contributed by atoms with Crippen LogP contribution >= 0.6 is 0 Å². The van der Waals surface area contributed by atoms with Gasteiger partial charge in [-0.2, -0.15) is 0 Å². The van der Waals surface area contributed by atoms with E-state index in [1.807, 2.05) is 0 Å². The van der Waals surface area contributed by atoms with E-state index in [1.54, 1.807) is 0 Å². The van der Waals surface area contributed by atoms with Crippen LogP contribution in [0.5, 0.6) is 0 Å². The molecule has 1 rings (SSSR count). The first-order chi connectivity index (χ1) is 5.86. The van der Waals surface area contributed by atoms with Crippen LogP contribution in [0.2, 0.25) is 0 Å². The average Bonchev–Trinajstić information content (AvgIpc) is 2.15. The van der Waals surface area contributed by atoms with E-state index in [2.05, 4.69) is 17.7 Å². The highest BCUT2D eigenvalue weighted by Gasteiger charge is 2.17. The minimum atomic E-state index is 0.427. The van der Waals surface area contributed by atoms with Gasteiger partial charge in [-0.3, -0.25) is 4.90 Å². The second-order valence-electron chi connectivity index (χ2n) is 3.16. The molecule has 0 aromatic carbocycles. The molecule has 0 amide bonds. The Kier molecular flexibility index (Phi) is 4.13. The Balaban J connectivity index is 2.22. The lowest BCUT2D eigenvalue weighted by atomic mass is 10.2. The monoisotopic (exact) mass is 167 g/mol. The maximum Gasteiger partial charge on any atom is 0.0700 e. The first-order valence-electron chi connectivity index (χ1n) is 4.64. The molecule has 1 atom stereocenters. The Morgan fingerprint density at radius 3 is 3.17 bits per heavy atom. The second-order valence-corrected chi connectivity index (χ2v) is 3.16. The van der Waals surface area contributed by atoms with Crippen molar-refractivity contribution in [2.45, 2.75) is 25.9 Å². The Morgan fingerprint density at radius 1 is 1.67 bits per heavy atom. The van der Waals surface area contributed by atoms with Gasteiger partial charge >= 0.3 is 0 Å². The lowest BCUT2D eigenvalue weighted by Crippen LogP contribution is -2.42. The lowest BCUT2D eigenvalue weighted by molar-refractivity contribution is -0.0288. The lowest BCUT2D eigenvalue weighted by Gasteiger charge is -2.31. The molecule has 2 nitrogen and oxygen atoms in total. The number of terminal acetylenes is 1. The van der Waals surface area contributed by atoms with Gasteiger partial charge in [0, 0.05) is 26.1 Å². The Morgan fingerprint density at radius 2 is 2.50 bits per heavy atom. The van der Waals surface area contributed by atoms with E-state index in [4.69, 9.17) is 11.2 Å². The third-order valence-corrected chi connectivity index (χ3v) is 2.25. The summed E-state index contributed by atoms with van der Waals surface area (Å²) in [7, 11) is 0. The van der Waals surface area contributed by atoms with Gasteiger partial charge in [0.1, 0.15) is 0 Å². The number of hydrogen-bond acceptors (Lipinski definition) is 2. The number of ether oxygens (including phenoxy) is 1. The van der Waals surface area contributed by atoms with E-state index < -0.39 is 0 Å². The highest BCUT2D eigenvalue weighted by molar-refractivity contribution is 4.85. The van der Waals surface area contributed by atoms with Gasteiger partial charge in [0.05, 0.1) is 12.7 Å². The normalized spacial score (nSPS) is 25.2. The standard InChI is InChI=1S/C10H17NO/c1-3-5-6-11-7-8-12-10(4-2)9-11/h1,10H,4-9H2,2H3. The summed E-state index contributed by atoms with van der Waals surface area (Å²) in [5.41, 5.74) is 0. The average molecular weight is 167 g/mol. The van der Waals surface area contributed by atoms with E-state index in [1.165, 1.54) is 0 Å². The van der Waals surface area contributed by atoms with Gasteiger partial charge in [0.15, 0.2) is 0 Å². The summed E-state index contributed by atoms with van der Waals surface area (Å²) in [5, 5.41) is 0. The van der Waals surface area contributed by atoms with Gasteiger partial charge in [-0.05, 0) is 6.42 Å². The molecule has 0 bridgehead atoms. The summed E-state index contributed by atoms with van der Waals surface area (Å²) in [6.07, 6.45) is 7.59. The fraction of sp³-hybridized carbons (Fsp3) is 0.800. The van der Waals surface area contributed by atoms with Crippen molar-refractivity contribution < 1.29 is 4.74 Å². The molecule has 0 spiro atoms. The third-order valence-electron chi connectivity index (χ3n) is 2.25. The Bertz CT molecular complexity index is 162. The third kappa shape index (κ3) is 2.84. The van der Waals surface area contributed by atoms with Crippen LogP contribution in [-0.4, -0.2) is 37.2 Å². The molecular weight excluding hydrogens is 150 g/mol. The topological polar surface area (TPSA) is 12.5 Å². The van der Waals surface area contributed by atoms with Crippen molar-refractivity contribution in [3.8, 4) is 12.3 Å². The largest absolute Gasteiger partial charge is 0.376 e. The summed E-state index contributed by atoms with van der Waals surface area (Å²) in [6, 6.07) is 0. The maximum atomic E-state index is 5.54. The quantitative estimate of drug-likeness (QED) is 0.584. The predicted octanol–water partition coefficient (Wildman–Crippen LogP) is 1.12. The zero-order valence-electron chi connectivity index (χ0n) is 7.75. The molecule has 1 aliphatic rings. The minimum Gasteiger partial charge on any atom is -0.376 e. The zero-order valence-corrected chi connectivity index (χ0v) is 7.75. The van der Waals surface area contributed by atoms with Gasteiger partial charge < -0.3 is 4.74 Å². The Labute approximate surface area is 74.9 Å². The minimum absolute atomic E-state index is 0.427. The number of hydrogen-bond donors (Lipinski definition) is 0. The molecule has 0 aliphatic carbocycles. The van der Waals surface area contributed by atoms with Crippen LogP contribution in [0.1, 0.15) is 19.8 Å². The van der Waals surface area contributed by atoms with E-state index in [9.17, 15) is 0 Å². The fourth-order valence-electron chi connectivity index (χ4n) is 1.45. The summed E-state index contributed by atoms with van der Waals surface area (Å²) in [4.78, 5) is 2.39. The summed E-state index contributed by atoms with van der Waals surface area (Å²) in [5.74, 6) is 2.67. The molecule has 0 N–H and O–H groups in total. The number of morpholine rings is 1. The summed E-state index contributed by atoms with van der Waals surface area (Å²) >= 11 is 0. The first-order valence-corrected chi connectivity index (χ1v) is 4.64. The first kappa shape index (κ1) is 9.57. The molecule has 1 aliphatic heterocycles. The number of nitrogens with zero attached hydrogens (tertiary/aromatic N) is 1. The molecule has 1 saturated heterocycles. The van der Waals surface area contributed by atoms with E-state index in [-0.39, 0.29) is 0 Å². The van der Waals surface area contributed by atoms with Crippen molar-refractivity contribution in [3.05, 3.63) is 0 Å². The second kappa shape index (κ2) is 5.18. The molecule has 1 heterocycles. The predicted molar refractivity (Wildman–Crippen MR) is 49.9 cm³/mol. The van der Waals surface area contributed by atoms with Crippen molar-refractivity contribution in [1.29, 1.82) is 0 Å². The van der Waals surface area contributed by atoms with Gasteiger partial charge in [0.25, 0.3) is 0 Å². The van der Waals surface area contributed by atoms with Crippen molar-refractivity contribution in [1.82, 2.24) is 4.90 Å². The van der Waals surface area contributed by atoms with Crippen molar-refractivity contribution >= 4 is 0 Å². The Hall–Kier alpha value is -0.520. The van der Waals surface area contributed by atoms with Crippen molar-refractivity contribution in [2.24, 2.45) is 0 Å². The highest BCUT2D eigenvalue weighted by Crippen LogP contribution is 2.07. The van der Waals surface area contributed by atoms with Crippen LogP contribution in [0, 0.1) is 12.3 Å². The number of rotatable bonds is 3. The van der Waals surface area contributed by atoms with E-state index in [0.717, 1.165) is 39.1 Å². The fourth-order valence-corrected chi connectivity index (χ4v) is 1.45. The summed E-state index contributed by atoms with van der Waals surface area (Å²) < 4.78 is 5.54. The molecule has 0 saturated carbocycles. The smallest absolute Gasteiger partial charge is 0.0700 e. The molecule has 12 heavy (non-hydrogen) atoms. The van der Waals surface area contributed by atoms with E-state index in [0.29, 0.717) is 6.10 Å². The molecule has 0 aromatic heterocycles. The van der Waals surface area contributed by atoms with Crippen LogP contribution in [-0.2, 0) is 4.74 Å². The van der Waals surface area contributed by atoms with Gasteiger partial charge in [-0.15, -0.1) is 12.3 Å². The van der Waals surface area contributed by atoms with Crippen LogP contribution in [0.3, 0.4) is 0 Å². The molecule has 2 heteroatoms. The van der Waals surface area contributed by atoms with Crippen LogP contribution in [0.25, 0.3) is 0 Å². The van der Waals surface area contributed by atoms with Crippen LogP contribution in [0.15, 0.2) is 0 Å². The molecule has 0 radical (unpaired) electrons. The highest BCUT2D eigenvalue weighted by atomic mass is 16.5. The molecule has 1 fully saturated rings. The van der Waals surface area contributed by atoms with Gasteiger partial charge in [-0.25, -0.2) is 0 Å². The molecule has 1 unspecified atom stereocenters. The molecular formula is C10H17NO. The van der Waals surface area contributed by atoms with Crippen LogP contribution in [0.4, 0.5) is 0 Å². The van der Waals surface area contributed by atoms with Gasteiger partial charge in [-0.1, -0.05) is 6.92 Å². The summed E-state index contributed by atoms with van der Waals surface area (Å²) in [6.45, 7) is 6.14. The SMILES string of the molecule is C#CCCN1CCOC(CC)C1. The van der Waals surface area contributed by atoms with Gasteiger partial charge in [0.2, 0.25) is 0 Å². The molecule has 0 aromatic rings. The van der Waals surface area contributed by atoms with Crippen molar-refractivity contribution in [3.63, 3.8) is 0 Å². The van der Waals surface area contributed by atoms with E-state index >= 15 is 0 Å². The van der Waals surface area contributed by atoms with Crippen molar-refractivity contribution in [2.75, 3.05) is 26.2 Å².